The van der Waals surface area contributed by atoms with Crippen molar-refractivity contribution >= 4 is 28.5 Å². The number of halogens is 2. The second-order valence-corrected chi connectivity index (χ2v) is 5.46. The lowest BCUT2D eigenvalue weighted by atomic mass is 10.1. The van der Waals surface area contributed by atoms with Crippen LogP contribution in [-0.4, -0.2) is 15.6 Å². The number of rotatable bonds is 3. The fourth-order valence-corrected chi connectivity index (χ4v) is 2.71. The maximum atomic E-state index is 14.3. The number of hydrogen-bond acceptors (Lipinski definition) is 2. The summed E-state index contributed by atoms with van der Waals surface area (Å²) in [6, 6.07) is 11.4. The molecule has 114 valence electrons. The van der Waals surface area contributed by atoms with Crippen molar-refractivity contribution in [1.29, 1.82) is 5.26 Å². The summed E-state index contributed by atoms with van der Waals surface area (Å²) in [6.45, 7) is 0.118. The summed E-state index contributed by atoms with van der Waals surface area (Å²) < 4.78 is 16.0. The van der Waals surface area contributed by atoms with Crippen molar-refractivity contribution < 1.29 is 14.3 Å². The van der Waals surface area contributed by atoms with Crippen molar-refractivity contribution in [2.45, 2.75) is 6.54 Å². The van der Waals surface area contributed by atoms with Crippen molar-refractivity contribution in [3.63, 3.8) is 0 Å². The van der Waals surface area contributed by atoms with E-state index in [1.165, 1.54) is 18.2 Å². The van der Waals surface area contributed by atoms with E-state index in [1.807, 2.05) is 0 Å². The summed E-state index contributed by atoms with van der Waals surface area (Å²) in [5, 5.41) is 19.4. The molecule has 0 spiro atoms. The largest absolute Gasteiger partial charge is 0.478 e. The predicted octanol–water partition coefficient (Wildman–Crippen LogP) is 4.05. The first-order chi connectivity index (χ1) is 11.0. The van der Waals surface area contributed by atoms with Crippen LogP contribution in [0.3, 0.4) is 0 Å². The van der Waals surface area contributed by atoms with E-state index in [1.54, 1.807) is 29.0 Å². The maximum absolute atomic E-state index is 14.3. The smallest absolute Gasteiger partial charge is 0.338 e. The van der Waals surface area contributed by atoms with E-state index in [9.17, 15) is 14.4 Å². The molecule has 0 aliphatic rings. The molecule has 3 rings (SSSR count). The van der Waals surface area contributed by atoms with E-state index in [-0.39, 0.29) is 17.7 Å². The third-order valence-corrected chi connectivity index (χ3v) is 3.85. The van der Waals surface area contributed by atoms with Crippen LogP contribution >= 0.6 is 11.6 Å². The van der Waals surface area contributed by atoms with Crippen molar-refractivity contribution in [1.82, 2.24) is 4.57 Å². The molecule has 1 heterocycles. The lowest BCUT2D eigenvalue weighted by molar-refractivity contribution is 0.0691. The Bertz CT molecular complexity index is 973. The van der Waals surface area contributed by atoms with Crippen molar-refractivity contribution in [2.75, 3.05) is 0 Å². The minimum Gasteiger partial charge on any atom is -0.478 e. The number of carboxylic acid groups (broad SMARTS) is 1. The highest BCUT2D eigenvalue weighted by atomic mass is 35.5. The number of nitriles is 1. The highest BCUT2D eigenvalue weighted by Gasteiger charge is 2.15. The van der Waals surface area contributed by atoms with E-state index in [0.29, 0.717) is 16.0 Å². The number of carboxylic acids is 1. The van der Waals surface area contributed by atoms with Crippen LogP contribution in [0.25, 0.3) is 10.9 Å². The topological polar surface area (TPSA) is 66.0 Å². The molecule has 0 atom stereocenters. The van der Waals surface area contributed by atoms with Gasteiger partial charge in [0.2, 0.25) is 0 Å². The van der Waals surface area contributed by atoms with Crippen LogP contribution in [-0.2, 0) is 6.54 Å². The molecule has 0 saturated heterocycles. The van der Waals surface area contributed by atoms with Gasteiger partial charge >= 0.3 is 5.97 Å². The molecule has 2 aromatic carbocycles. The number of aromatic carboxylic acids is 1. The molecular formula is C17H10ClFN2O2. The third-order valence-electron chi connectivity index (χ3n) is 3.61. The second kappa shape index (κ2) is 5.75. The summed E-state index contributed by atoms with van der Waals surface area (Å²) >= 11 is 5.95. The number of aromatic nitrogens is 1. The van der Waals surface area contributed by atoms with Gasteiger partial charge in [0, 0.05) is 27.7 Å². The fourth-order valence-electron chi connectivity index (χ4n) is 2.54. The second-order valence-electron chi connectivity index (χ2n) is 5.03. The highest BCUT2D eigenvalue weighted by molar-refractivity contribution is 6.31. The molecule has 6 heteroatoms. The molecule has 0 saturated carbocycles. The van der Waals surface area contributed by atoms with Gasteiger partial charge in [-0.25, -0.2) is 9.18 Å². The SMILES string of the molecule is N#Cc1cn(Cc2cccc(C(=O)O)c2F)c2ccc(Cl)cc12. The van der Waals surface area contributed by atoms with Gasteiger partial charge in [0.1, 0.15) is 11.9 Å². The molecule has 0 aliphatic heterocycles. The van der Waals surface area contributed by atoms with E-state index >= 15 is 0 Å². The quantitative estimate of drug-likeness (QED) is 0.788. The maximum Gasteiger partial charge on any atom is 0.338 e. The Balaban J connectivity index is 2.12. The van der Waals surface area contributed by atoms with E-state index in [0.717, 1.165) is 5.52 Å². The molecule has 4 nitrogen and oxygen atoms in total. The normalized spacial score (nSPS) is 10.7. The predicted molar refractivity (Wildman–Crippen MR) is 84.1 cm³/mol. The minimum atomic E-state index is -1.31. The van der Waals surface area contributed by atoms with E-state index < -0.39 is 11.8 Å². The zero-order chi connectivity index (χ0) is 16.6. The third kappa shape index (κ3) is 2.65. The molecule has 0 aliphatic carbocycles. The Morgan fingerprint density at radius 3 is 2.83 bits per heavy atom. The van der Waals surface area contributed by atoms with Crippen LogP contribution in [0.1, 0.15) is 21.5 Å². The summed E-state index contributed by atoms with van der Waals surface area (Å²) in [6.07, 6.45) is 1.61. The Morgan fingerprint density at radius 2 is 2.13 bits per heavy atom. The molecule has 3 aromatic rings. The minimum absolute atomic E-state index is 0.118. The Morgan fingerprint density at radius 1 is 1.35 bits per heavy atom. The van der Waals surface area contributed by atoms with Crippen LogP contribution in [0.4, 0.5) is 4.39 Å². The molecular weight excluding hydrogens is 319 g/mol. The molecule has 0 unspecified atom stereocenters. The monoisotopic (exact) mass is 328 g/mol. The Hall–Kier alpha value is -2.84. The molecule has 23 heavy (non-hydrogen) atoms. The van der Waals surface area contributed by atoms with Gasteiger partial charge in [0.15, 0.2) is 0 Å². The summed E-state index contributed by atoms with van der Waals surface area (Å²) in [5.41, 5.74) is 1.02. The average Bonchev–Trinajstić information content (AvgIpc) is 2.86. The van der Waals surface area contributed by atoms with E-state index in [4.69, 9.17) is 16.7 Å². The van der Waals surface area contributed by atoms with Gasteiger partial charge in [-0.05, 0) is 24.3 Å². The zero-order valence-corrected chi connectivity index (χ0v) is 12.5. The van der Waals surface area contributed by atoms with Crippen molar-refractivity contribution in [3.8, 4) is 6.07 Å². The van der Waals surface area contributed by atoms with Crippen LogP contribution < -0.4 is 0 Å². The first-order valence-corrected chi connectivity index (χ1v) is 7.08. The lowest BCUT2D eigenvalue weighted by Gasteiger charge is -2.08. The van der Waals surface area contributed by atoms with Crippen LogP contribution in [0, 0.1) is 17.1 Å². The van der Waals surface area contributed by atoms with Crippen molar-refractivity contribution in [2.24, 2.45) is 0 Å². The molecule has 0 radical (unpaired) electrons. The zero-order valence-electron chi connectivity index (χ0n) is 11.8. The van der Waals surface area contributed by atoms with Crippen LogP contribution in [0.2, 0.25) is 5.02 Å². The van der Waals surface area contributed by atoms with Crippen molar-refractivity contribution in [3.05, 3.63) is 70.1 Å². The average molecular weight is 329 g/mol. The standard InChI is InChI=1S/C17H10ClFN2O2/c18-12-4-5-15-14(6-12)11(7-20)9-21(15)8-10-2-1-3-13(16(10)19)17(22)23/h1-6,9H,8H2,(H,22,23). The van der Waals surface area contributed by atoms with Gasteiger partial charge in [0.05, 0.1) is 17.7 Å². The first kappa shape index (κ1) is 15.1. The molecule has 0 fully saturated rings. The Labute approximate surface area is 136 Å². The molecule has 1 N–H and O–H groups in total. The summed E-state index contributed by atoms with van der Waals surface area (Å²) in [7, 11) is 0. The van der Waals surface area contributed by atoms with E-state index in [2.05, 4.69) is 6.07 Å². The summed E-state index contributed by atoms with van der Waals surface area (Å²) in [5.74, 6) is -2.08. The Kier molecular flexibility index (Phi) is 3.77. The first-order valence-electron chi connectivity index (χ1n) is 6.70. The van der Waals surface area contributed by atoms with Gasteiger partial charge in [-0.2, -0.15) is 5.26 Å². The number of hydrogen-bond donors (Lipinski definition) is 1. The fraction of sp³-hybridized carbons (Fsp3) is 0.0588. The number of benzene rings is 2. The molecule has 0 amide bonds. The van der Waals surface area contributed by atoms with Gasteiger partial charge in [-0.3, -0.25) is 0 Å². The summed E-state index contributed by atoms with van der Waals surface area (Å²) in [4.78, 5) is 11.0. The van der Waals surface area contributed by atoms with Gasteiger partial charge in [-0.1, -0.05) is 23.7 Å². The molecule has 0 bridgehead atoms. The number of fused-ring (bicyclic) bond motifs is 1. The van der Waals surface area contributed by atoms with Gasteiger partial charge in [-0.15, -0.1) is 0 Å². The van der Waals surface area contributed by atoms with Crippen LogP contribution in [0.5, 0.6) is 0 Å². The number of carbonyl (C=O) groups is 1. The van der Waals surface area contributed by atoms with Crippen LogP contribution in [0.15, 0.2) is 42.6 Å². The van der Waals surface area contributed by atoms with Gasteiger partial charge in [0.25, 0.3) is 0 Å². The van der Waals surface area contributed by atoms with Gasteiger partial charge < -0.3 is 9.67 Å². The molecule has 1 aromatic heterocycles. The highest BCUT2D eigenvalue weighted by Crippen LogP contribution is 2.26. The number of nitrogens with zero attached hydrogens (tertiary/aromatic N) is 2. The lowest BCUT2D eigenvalue weighted by Crippen LogP contribution is -2.06.